The predicted molar refractivity (Wildman–Crippen MR) is 50.1 cm³/mol. The Balaban J connectivity index is 2.36. The summed E-state index contributed by atoms with van der Waals surface area (Å²) in [6, 6.07) is 4.65. The fourth-order valence-electron chi connectivity index (χ4n) is 1.77. The van der Waals surface area contributed by atoms with Crippen LogP contribution in [0.15, 0.2) is 18.2 Å². The number of hydrogen-bond acceptors (Lipinski definition) is 2. The fraction of sp³-hybridized carbons (Fsp3) is 0.400. The van der Waals surface area contributed by atoms with Gasteiger partial charge in [-0.05, 0) is 30.2 Å². The first-order valence-electron chi connectivity index (χ1n) is 4.53. The molecule has 2 nitrogen and oxygen atoms in total. The summed E-state index contributed by atoms with van der Waals surface area (Å²) >= 11 is 0. The van der Waals surface area contributed by atoms with Crippen molar-refractivity contribution in [1.29, 1.82) is 0 Å². The fourth-order valence-corrected chi connectivity index (χ4v) is 1.77. The van der Waals surface area contributed by atoms with Crippen molar-refractivity contribution in [1.82, 2.24) is 0 Å². The highest BCUT2D eigenvalue weighted by atomic mass is 19.4. The van der Waals surface area contributed by atoms with Gasteiger partial charge in [-0.1, -0.05) is 0 Å². The summed E-state index contributed by atoms with van der Waals surface area (Å²) < 4.78 is 42.5. The molecule has 1 aromatic rings. The van der Waals surface area contributed by atoms with Crippen LogP contribution in [0.5, 0.6) is 5.75 Å². The van der Waals surface area contributed by atoms with Crippen molar-refractivity contribution < 1.29 is 17.9 Å². The minimum Gasteiger partial charge on any atom is -0.497 e. The highest BCUT2D eigenvalue weighted by Crippen LogP contribution is 2.37. The average Bonchev–Trinajstić information content (AvgIpc) is 2.59. The van der Waals surface area contributed by atoms with Gasteiger partial charge in [0.05, 0.1) is 7.11 Å². The maximum atomic E-state index is 12.5. The van der Waals surface area contributed by atoms with Crippen molar-refractivity contribution in [3.05, 3.63) is 23.8 Å². The molecule has 0 saturated carbocycles. The first-order valence-corrected chi connectivity index (χ1v) is 4.53. The standard InChI is InChI=1S/C10H10F3NO/c1-15-8-2-3-9-7(6-8)4-5-14(9)10(11,12)13/h2-3,6H,4-5H2,1H3. The van der Waals surface area contributed by atoms with Gasteiger partial charge in [-0.3, -0.25) is 4.90 Å². The van der Waals surface area contributed by atoms with E-state index in [0.717, 1.165) is 0 Å². The number of ether oxygens (including phenoxy) is 1. The van der Waals surface area contributed by atoms with Gasteiger partial charge < -0.3 is 4.74 Å². The zero-order valence-corrected chi connectivity index (χ0v) is 8.14. The summed E-state index contributed by atoms with van der Waals surface area (Å²) in [5.41, 5.74) is 0.926. The number of alkyl halides is 3. The Bertz CT molecular complexity index is 375. The van der Waals surface area contributed by atoms with Gasteiger partial charge in [0.15, 0.2) is 0 Å². The number of halogens is 3. The largest absolute Gasteiger partial charge is 0.497 e. The lowest BCUT2D eigenvalue weighted by Crippen LogP contribution is -2.36. The van der Waals surface area contributed by atoms with Crippen LogP contribution in [0.3, 0.4) is 0 Å². The van der Waals surface area contributed by atoms with E-state index in [-0.39, 0.29) is 12.2 Å². The number of benzene rings is 1. The summed E-state index contributed by atoms with van der Waals surface area (Å²) in [4.78, 5) is 0.460. The summed E-state index contributed by atoms with van der Waals surface area (Å²) in [6.07, 6.45) is -3.88. The van der Waals surface area contributed by atoms with Crippen molar-refractivity contribution in [3.63, 3.8) is 0 Å². The lowest BCUT2D eigenvalue weighted by Gasteiger charge is -2.22. The predicted octanol–water partition coefficient (Wildman–Crippen LogP) is 2.58. The van der Waals surface area contributed by atoms with E-state index < -0.39 is 6.30 Å². The van der Waals surface area contributed by atoms with E-state index in [4.69, 9.17) is 4.74 Å². The summed E-state index contributed by atoms with van der Waals surface area (Å²) in [7, 11) is 1.50. The van der Waals surface area contributed by atoms with Crippen molar-refractivity contribution in [3.8, 4) is 5.75 Å². The SMILES string of the molecule is COc1ccc2c(c1)CCN2C(F)(F)F. The molecule has 1 aliphatic heterocycles. The molecule has 0 spiro atoms. The summed E-state index contributed by atoms with van der Waals surface area (Å²) in [5.74, 6) is 0.595. The molecule has 0 N–H and O–H groups in total. The molecule has 0 aliphatic carbocycles. The van der Waals surface area contributed by atoms with Gasteiger partial charge in [-0.15, -0.1) is 0 Å². The number of methoxy groups -OCH3 is 1. The van der Waals surface area contributed by atoms with Gasteiger partial charge in [-0.25, -0.2) is 0 Å². The lowest BCUT2D eigenvalue weighted by molar-refractivity contribution is -0.127. The minimum atomic E-state index is -4.29. The first kappa shape index (κ1) is 10.1. The maximum Gasteiger partial charge on any atom is 0.484 e. The summed E-state index contributed by atoms with van der Waals surface area (Å²) in [6.45, 7) is -0.00794. The molecule has 1 heterocycles. The second-order valence-electron chi connectivity index (χ2n) is 3.36. The molecule has 82 valence electrons. The topological polar surface area (TPSA) is 12.5 Å². The molecule has 0 fully saturated rings. The molecular formula is C10H10F3NO. The van der Waals surface area contributed by atoms with Crippen LogP contribution in [0.1, 0.15) is 5.56 Å². The molecule has 0 radical (unpaired) electrons. The van der Waals surface area contributed by atoms with Gasteiger partial charge >= 0.3 is 6.30 Å². The van der Waals surface area contributed by atoms with E-state index >= 15 is 0 Å². The molecular weight excluding hydrogens is 207 g/mol. The molecule has 0 amide bonds. The average molecular weight is 217 g/mol. The zero-order valence-electron chi connectivity index (χ0n) is 8.14. The normalized spacial score (nSPS) is 15.3. The number of nitrogens with zero attached hydrogens (tertiary/aromatic N) is 1. The Hall–Kier alpha value is -1.39. The molecule has 0 saturated heterocycles. The third kappa shape index (κ3) is 1.73. The van der Waals surface area contributed by atoms with Crippen LogP contribution in [-0.2, 0) is 6.42 Å². The molecule has 0 atom stereocenters. The summed E-state index contributed by atoms with van der Waals surface area (Å²) in [5, 5.41) is 0. The van der Waals surface area contributed by atoms with Crippen molar-refractivity contribution in [2.45, 2.75) is 12.7 Å². The van der Waals surface area contributed by atoms with Crippen LogP contribution < -0.4 is 9.64 Å². The Morgan fingerprint density at radius 2 is 2.07 bits per heavy atom. The first-order chi connectivity index (χ1) is 7.02. The van der Waals surface area contributed by atoms with Crippen LogP contribution in [0.2, 0.25) is 0 Å². The van der Waals surface area contributed by atoms with Crippen LogP contribution in [0.4, 0.5) is 18.9 Å². The molecule has 5 heteroatoms. The van der Waals surface area contributed by atoms with E-state index in [1.807, 2.05) is 0 Å². The number of hydrogen-bond donors (Lipinski definition) is 0. The van der Waals surface area contributed by atoms with E-state index in [9.17, 15) is 13.2 Å². The minimum absolute atomic E-state index is 0.00794. The van der Waals surface area contributed by atoms with Crippen molar-refractivity contribution in [2.24, 2.45) is 0 Å². The molecule has 1 aliphatic rings. The molecule has 2 rings (SSSR count). The molecule has 0 unspecified atom stereocenters. The van der Waals surface area contributed by atoms with E-state index in [0.29, 0.717) is 22.6 Å². The Kier molecular flexibility index (Phi) is 2.25. The lowest BCUT2D eigenvalue weighted by atomic mass is 10.1. The third-order valence-electron chi connectivity index (χ3n) is 2.49. The highest BCUT2D eigenvalue weighted by molar-refractivity contribution is 5.60. The Morgan fingerprint density at radius 3 is 2.67 bits per heavy atom. The second kappa shape index (κ2) is 3.32. The van der Waals surface area contributed by atoms with Gasteiger partial charge in [0.2, 0.25) is 0 Å². The second-order valence-corrected chi connectivity index (χ2v) is 3.36. The smallest absolute Gasteiger partial charge is 0.484 e. The van der Waals surface area contributed by atoms with E-state index in [1.54, 1.807) is 12.1 Å². The van der Waals surface area contributed by atoms with Gasteiger partial charge in [0.25, 0.3) is 0 Å². The monoisotopic (exact) mass is 217 g/mol. The van der Waals surface area contributed by atoms with Crippen LogP contribution in [0.25, 0.3) is 0 Å². The van der Waals surface area contributed by atoms with Crippen LogP contribution in [-0.4, -0.2) is 20.0 Å². The number of anilines is 1. The molecule has 1 aromatic carbocycles. The van der Waals surface area contributed by atoms with Crippen LogP contribution >= 0.6 is 0 Å². The number of rotatable bonds is 1. The highest BCUT2D eigenvalue weighted by Gasteiger charge is 2.40. The third-order valence-corrected chi connectivity index (χ3v) is 2.49. The van der Waals surface area contributed by atoms with E-state index in [2.05, 4.69) is 0 Å². The van der Waals surface area contributed by atoms with Gasteiger partial charge in [0, 0.05) is 12.2 Å². The molecule has 0 bridgehead atoms. The quantitative estimate of drug-likeness (QED) is 0.670. The zero-order chi connectivity index (χ0) is 11.1. The van der Waals surface area contributed by atoms with Gasteiger partial charge in [-0.2, -0.15) is 13.2 Å². The van der Waals surface area contributed by atoms with Crippen LogP contribution in [0, 0.1) is 0 Å². The maximum absolute atomic E-state index is 12.5. The number of fused-ring (bicyclic) bond motifs is 1. The Labute approximate surface area is 85.3 Å². The molecule has 0 aromatic heterocycles. The Morgan fingerprint density at radius 1 is 1.33 bits per heavy atom. The molecule has 15 heavy (non-hydrogen) atoms. The van der Waals surface area contributed by atoms with Gasteiger partial charge in [0.1, 0.15) is 5.75 Å². The van der Waals surface area contributed by atoms with Crippen molar-refractivity contribution >= 4 is 5.69 Å². The van der Waals surface area contributed by atoms with E-state index in [1.165, 1.54) is 13.2 Å². The van der Waals surface area contributed by atoms with Crippen molar-refractivity contribution in [2.75, 3.05) is 18.6 Å².